The SMILES string of the molecule is CCCCCCC(C)CO[SiH2]CC(C)(CN(C)C)CN(C)C. The van der Waals surface area contributed by atoms with Gasteiger partial charge < -0.3 is 14.2 Å². The minimum Gasteiger partial charge on any atom is -0.424 e. The summed E-state index contributed by atoms with van der Waals surface area (Å²) < 4.78 is 6.11. The quantitative estimate of drug-likeness (QED) is 0.359. The standard InChI is InChI=1S/C18H42N2OSi/c1-8-9-10-11-12-17(2)13-21-22-16-18(3,14-19(4)5)15-20(6)7/h17H,8-16,22H2,1-7H3. The average molecular weight is 331 g/mol. The van der Waals surface area contributed by atoms with Crippen LogP contribution in [0.1, 0.15) is 52.9 Å². The van der Waals surface area contributed by atoms with Crippen LogP contribution in [-0.4, -0.2) is 67.5 Å². The van der Waals surface area contributed by atoms with E-state index in [1.807, 2.05) is 0 Å². The van der Waals surface area contributed by atoms with Crippen molar-refractivity contribution in [2.24, 2.45) is 11.3 Å². The lowest BCUT2D eigenvalue weighted by Crippen LogP contribution is -2.40. The first-order chi connectivity index (χ1) is 10.3. The van der Waals surface area contributed by atoms with E-state index in [1.54, 1.807) is 0 Å². The van der Waals surface area contributed by atoms with Crippen molar-refractivity contribution in [3.05, 3.63) is 0 Å². The van der Waals surface area contributed by atoms with Crippen LogP contribution in [0, 0.1) is 11.3 Å². The first-order valence-corrected chi connectivity index (χ1v) is 10.7. The van der Waals surface area contributed by atoms with E-state index >= 15 is 0 Å². The fourth-order valence-corrected chi connectivity index (χ4v) is 4.86. The molecular formula is C18H42N2OSi. The highest BCUT2D eigenvalue weighted by atomic mass is 28.2. The van der Waals surface area contributed by atoms with Gasteiger partial charge in [-0.1, -0.05) is 46.5 Å². The molecule has 0 saturated carbocycles. The Kier molecular flexibility index (Phi) is 12.6. The van der Waals surface area contributed by atoms with Crippen LogP contribution < -0.4 is 0 Å². The summed E-state index contributed by atoms with van der Waals surface area (Å²) in [5, 5.41) is 0. The molecule has 1 unspecified atom stereocenters. The summed E-state index contributed by atoms with van der Waals surface area (Å²) in [6.07, 6.45) is 6.81. The third-order valence-corrected chi connectivity index (χ3v) is 6.13. The van der Waals surface area contributed by atoms with Gasteiger partial charge in [0, 0.05) is 19.7 Å². The van der Waals surface area contributed by atoms with E-state index < -0.39 is 9.76 Å². The molecule has 0 aliphatic rings. The van der Waals surface area contributed by atoms with E-state index in [0.29, 0.717) is 5.41 Å². The van der Waals surface area contributed by atoms with E-state index in [9.17, 15) is 0 Å². The first-order valence-electron chi connectivity index (χ1n) is 9.16. The van der Waals surface area contributed by atoms with Crippen LogP contribution in [-0.2, 0) is 4.43 Å². The van der Waals surface area contributed by atoms with Gasteiger partial charge in [0.25, 0.3) is 0 Å². The Morgan fingerprint density at radius 3 is 2.09 bits per heavy atom. The highest BCUT2D eigenvalue weighted by Gasteiger charge is 2.26. The summed E-state index contributed by atoms with van der Waals surface area (Å²) >= 11 is 0. The van der Waals surface area contributed by atoms with Crippen LogP contribution in [0.4, 0.5) is 0 Å². The Bertz CT molecular complexity index is 249. The molecule has 0 heterocycles. The van der Waals surface area contributed by atoms with Crippen molar-refractivity contribution in [1.82, 2.24) is 9.80 Å². The Morgan fingerprint density at radius 1 is 1.00 bits per heavy atom. The average Bonchev–Trinajstić information content (AvgIpc) is 2.38. The van der Waals surface area contributed by atoms with Crippen LogP contribution in [0.3, 0.4) is 0 Å². The van der Waals surface area contributed by atoms with Crippen molar-refractivity contribution in [3.63, 3.8) is 0 Å². The molecule has 0 aliphatic heterocycles. The van der Waals surface area contributed by atoms with E-state index in [2.05, 4.69) is 58.8 Å². The second-order valence-electron chi connectivity index (χ2n) is 8.07. The molecule has 0 bridgehead atoms. The number of rotatable bonds is 14. The zero-order valence-corrected chi connectivity index (χ0v) is 17.9. The summed E-state index contributed by atoms with van der Waals surface area (Å²) in [6.45, 7) is 10.3. The van der Waals surface area contributed by atoms with Crippen molar-refractivity contribution in [1.29, 1.82) is 0 Å². The second-order valence-corrected chi connectivity index (χ2v) is 9.38. The predicted molar refractivity (Wildman–Crippen MR) is 102 cm³/mol. The molecule has 1 atom stereocenters. The molecular weight excluding hydrogens is 288 g/mol. The van der Waals surface area contributed by atoms with E-state index in [1.165, 1.54) is 38.1 Å². The molecule has 0 spiro atoms. The number of nitrogens with zero attached hydrogens (tertiary/aromatic N) is 2. The van der Waals surface area contributed by atoms with Crippen LogP contribution in [0.25, 0.3) is 0 Å². The molecule has 0 aliphatic carbocycles. The summed E-state index contributed by atoms with van der Waals surface area (Å²) in [5.41, 5.74) is 0.365. The molecule has 0 fully saturated rings. The molecule has 0 aromatic heterocycles. The van der Waals surface area contributed by atoms with Gasteiger partial charge in [-0.2, -0.15) is 0 Å². The Balaban J connectivity index is 3.92. The second kappa shape index (κ2) is 12.5. The smallest absolute Gasteiger partial charge is 0.162 e. The van der Waals surface area contributed by atoms with Gasteiger partial charge in [0.15, 0.2) is 9.76 Å². The van der Waals surface area contributed by atoms with Crippen molar-refractivity contribution >= 4 is 9.76 Å². The third-order valence-electron chi connectivity index (χ3n) is 4.20. The maximum absolute atomic E-state index is 6.11. The molecule has 4 heteroatoms. The number of unbranched alkanes of at least 4 members (excludes halogenated alkanes) is 3. The zero-order chi connectivity index (χ0) is 17.0. The van der Waals surface area contributed by atoms with Gasteiger partial charge in [0.1, 0.15) is 0 Å². The van der Waals surface area contributed by atoms with Crippen molar-refractivity contribution in [3.8, 4) is 0 Å². The number of hydrogen-bond donors (Lipinski definition) is 0. The van der Waals surface area contributed by atoms with Crippen molar-refractivity contribution < 1.29 is 4.43 Å². The minimum atomic E-state index is -0.408. The zero-order valence-electron chi connectivity index (χ0n) is 16.5. The summed E-state index contributed by atoms with van der Waals surface area (Å²) in [4.78, 5) is 4.63. The molecule has 0 aromatic rings. The predicted octanol–water partition coefficient (Wildman–Crippen LogP) is 3.24. The largest absolute Gasteiger partial charge is 0.424 e. The van der Waals surface area contributed by atoms with Crippen molar-refractivity contribution in [2.75, 3.05) is 47.9 Å². The molecule has 0 amide bonds. The molecule has 0 N–H and O–H groups in total. The highest BCUT2D eigenvalue weighted by molar-refractivity contribution is 6.27. The Morgan fingerprint density at radius 2 is 1.59 bits per heavy atom. The fourth-order valence-electron chi connectivity index (χ4n) is 3.34. The van der Waals surface area contributed by atoms with Gasteiger partial charge in [0.2, 0.25) is 0 Å². The van der Waals surface area contributed by atoms with Crippen LogP contribution in [0.2, 0.25) is 6.04 Å². The van der Waals surface area contributed by atoms with E-state index in [0.717, 1.165) is 25.6 Å². The van der Waals surface area contributed by atoms with Gasteiger partial charge in [-0.05, 0) is 52.0 Å². The first kappa shape index (κ1) is 22.1. The molecule has 0 aromatic carbocycles. The lowest BCUT2D eigenvalue weighted by molar-refractivity contribution is 0.173. The highest BCUT2D eigenvalue weighted by Crippen LogP contribution is 2.23. The van der Waals surface area contributed by atoms with Gasteiger partial charge in [-0.3, -0.25) is 0 Å². The van der Waals surface area contributed by atoms with Gasteiger partial charge in [-0.15, -0.1) is 0 Å². The molecule has 0 saturated heterocycles. The van der Waals surface area contributed by atoms with Crippen molar-refractivity contribution in [2.45, 2.75) is 58.9 Å². The Hall–Kier alpha value is 0.0969. The van der Waals surface area contributed by atoms with E-state index in [4.69, 9.17) is 4.43 Å². The number of hydrogen-bond acceptors (Lipinski definition) is 3. The molecule has 3 nitrogen and oxygen atoms in total. The fraction of sp³-hybridized carbons (Fsp3) is 1.00. The third kappa shape index (κ3) is 12.6. The van der Waals surface area contributed by atoms with E-state index in [-0.39, 0.29) is 0 Å². The van der Waals surface area contributed by atoms with Crippen LogP contribution >= 0.6 is 0 Å². The maximum Gasteiger partial charge on any atom is 0.162 e. The van der Waals surface area contributed by atoms with Crippen LogP contribution in [0.15, 0.2) is 0 Å². The van der Waals surface area contributed by atoms with Gasteiger partial charge >= 0.3 is 0 Å². The topological polar surface area (TPSA) is 15.7 Å². The molecule has 22 heavy (non-hydrogen) atoms. The maximum atomic E-state index is 6.11. The minimum absolute atomic E-state index is 0.365. The summed E-state index contributed by atoms with van der Waals surface area (Å²) in [5.74, 6) is 0.735. The Labute approximate surface area is 142 Å². The van der Waals surface area contributed by atoms with Gasteiger partial charge in [0.05, 0.1) is 0 Å². The summed E-state index contributed by atoms with van der Waals surface area (Å²) in [7, 11) is 8.29. The molecule has 0 rings (SSSR count). The summed E-state index contributed by atoms with van der Waals surface area (Å²) in [6, 6.07) is 1.27. The van der Waals surface area contributed by atoms with Gasteiger partial charge in [-0.25, -0.2) is 0 Å². The lowest BCUT2D eigenvalue weighted by atomic mass is 9.92. The lowest BCUT2D eigenvalue weighted by Gasteiger charge is -2.35. The monoisotopic (exact) mass is 330 g/mol. The molecule has 134 valence electrons. The molecule has 0 radical (unpaired) electrons. The normalized spacial score (nSPS) is 14.6. The van der Waals surface area contributed by atoms with Crippen LogP contribution in [0.5, 0.6) is 0 Å².